The lowest BCUT2D eigenvalue weighted by Crippen LogP contribution is -2.43. The molecular formula is C34H30N4O5. The molecule has 6 rings (SSSR count). The molecule has 0 aliphatic carbocycles. The third kappa shape index (κ3) is 5.79. The number of hydrogen-bond donors (Lipinski definition) is 0. The van der Waals surface area contributed by atoms with E-state index in [9.17, 15) is 14.4 Å². The first-order valence-corrected chi connectivity index (χ1v) is 14.1. The zero-order chi connectivity index (χ0) is 30.1. The fourth-order valence-electron chi connectivity index (χ4n) is 5.28. The molecule has 1 fully saturated rings. The average Bonchev–Trinajstić information content (AvgIpc) is 3.71. The molecule has 0 bridgehead atoms. The molecule has 1 atom stereocenters. The second kappa shape index (κ2) is 11.2. The number of hydrogen-bond acceptors (Lipinski definition) is 8. The van der Waals surface area contributed by atoms with Gasteiger partial charge in [0, 0.05) is 47.1 Å². The summed E-state index contributed by atoms with van der Waals surface area (Å²) in [7, 11) is 0. The number of pyridine rings is 2. The van der Waals surface area contributed by atoms with Gasteiger partial charge in [0.25, 0.3) is 5.91 Å². The number of aromatic nitrogens is 3. The largest absolute Gasteiger partial charge is 0.458 e. The van der Waals surface area contributed by atoms with Crippen LogP contribution < -0.4 is 0 Å². The maximum absolute atomic E-state index is 13.2. The molecule has 3 aromatic heterocycles. The highest BCUT2D eigenvalue weighted by molar-refractivity contribution is 5.98. The lowest BCUT2D eigenvalue weighted by atomic mass is 10.00. The van der Waals surface area contributed by atoms with Gasteiger partial charge in [-0.1, -0.05) is 53.7 Å². The van der Waals surface area contributed by atoms with Crippen molar-refractivity contribution in [3.8, 4) is 33.6 Å². The number of ether oxygens (including phenoxy) is 1. The van der Waals surface area contributed by atoms with E-state index in [1.807, 2.05) is 69.3 Å². The van der Waals surface area contributed by atoms with Crippen LogP contribution in [0.15, 0.2) is 83.6 Å². The number of carbonyl (C=O) groups excluding carboxylic acids is 3. The van der Waals surface area contributed by atoms with E-state index in [0.29, 0.717) is 29.9 Å². The minimum Gasteiger partial charge on any atom is -0.458 e. The number of rotatable bonds is 6. The summed E-state index contributed by atoms with van der Waals surface area (Å²) in [6.07, 6.45) is 5.41. The van der Waals surface area contributed by atoms with E-state index >= 15 is 0 Å². The number of aldehydes is 1. The monoisotopic (exact) mass is 574 g/mol. The number of likely N-dealkylation sites (tertiary alicyclic amines) is 1. The summed E-state index contributed by atoms with van der Waals surface area (Å²) in [5, 5.41) is 4.84. The van der Waals surface area contributed by atoms with Crippen molar-refractivity contribution in [3.05, 3.63) is 90.4 Å². The Balaban J connectivity index is 1.17. The Morgan fingerprint density at radius 1 is 0.930 bits per heavy atom. The summed E-state index contributed by atoms with van der Waals surface area (Å²) in [6, 6.07) is 20.3. The number of nitrogens with zero attached hydrogens (tertiary/aromatic N) is 4. The molecule has 9 nitrogen and oxygen atoms in total. The van der Waals surface area contributed by atoms with E-state index < -0.39 is 17.6 Å². The third-order valence-electron chi connectivity index (χ3n) is 7.38. The van der Waals surface area contributed by atoms with Gasteiger partial charge in [-0.25, -0.2) is 9.78 Å². The van der Waals surface area contributed by atoms with Crippen molar-refractivity contribution in [3.63, 3.8) is 0 Å². The third-order valence-corrected chi connectivity index (χ3v) is 7.38. The minimum atomic E-state index is -0.632. The molecule has 216 valence electrons. The van der Waals surface area contributed by atoms with Crippen LogP contribution in [0.25, 0.3) is 44.5 Å². The maximum atomic E-state index is 13.2. The second-order valence-corrected chi connectivity index (χ2v) is 11.5. The molecule has 1 aliphatic heterocycles. The van der Waals surface area contributed by atoms with E-state index in [0.717, 1.165) is 45.9 Å². The predicted octanol–water partition coefficient (Wildman–Crippen LogP) is 6.38. The Bertz CT molecular complexity index is 1820. The predicted molar refractivity (Wildman–Crippen MR) is 161 cm³/mol. The van der Waals surface area contributed by atoms with Crippen molar-refractivity contribution >= 4 is 29.1 Å². The first kappa shape index (κ1) is 28.0. The van der Waals surface area contributed by atoms with Crippen LogP contribution in [0.2, 0.25) is 0 Å². The summed E-state index contributed by atoms with van der Waals surface area (Å²) in [5.41, 5.74) is 5.58. The number of esters is 1. The quantitative estimate of drug-likeness (QED) is 0.170. The van der Waals surface area contributed by atoms with E-state index in [4.69, 9.17) is 14.2 Å². The SMILES string of the molecule is CC(C)(C)OC(=O)C1CCCN1C(=O)c1cc(-c2ccc(-c3ccc(-c4cc(C=O)c5cnccc5n4)cc3)cc2)no1. The van der Waals surface area contributed by atoms with Crippen LogP contribution in [0.4, 0.5) is 0 Å². The molecule has 5 aromatic rings. The lowest BCUT2D eigenvalue weighted by Gasteiger charge is -2.26. The van der Waals surface area contributed by atoms with Gasteiger partial charge < -0.3 is 14.2 Å². The maximum Gasteiger partial charge on any atom is 0.329 e. The van der Waals surface area contributed by atoms with E-state index in [-0.39, 0.29) is 11.7 Å². The standard InChI is InChI=1S/C34H30N4O5/c1-34(2,3)42-33(41)30-5-4-16-38(30)32(40)31-18-29(37-43-31)24-12-8-22(9-13-24)21-6-10-23(11-7-21)28-17-25(20-39)26-19-35-15-14-27(26)36-28/h6-15,17-20,30H,4-5,16H2,1-3H3. The van der Waals surface area contributed by atoms with Gasteiger partial charge in [0.2, 0.25) is 5.76 Å². The van der Waals surface area contributed by atoms with Crippen LogP contribution in [-0.2, 0) is 9.53 Å². The molecule has 0 radical (unpaired) electrons. The summed E-state index contributed by atoms with van der Waals surface area (Å²) in [5.74, 6) is -0.693. The van der Waals surface area contributed by atoms with Gasteiger partial charge in [-0.3, -0.25) is 14.6 Å². The van der Waals surface area contributed by atoms with Crippen molar-refractivity contribution in [2.24, 2.45) is 0 Å². The molecule has 4 heterocycles. The van der Waals surface area contributed by atoms with Gasteiger partial charge in [0.05, 0.1) is 11.2 Å². The fourth-order valence-corrected chi connectivity index (χ4v) is 5.28. The molecule has 1 aliphatic rings. The van der Waals surface area contributed by atoms with Gasteiger partial charge in [-0.15, -0.1) is 0 Å². The molecular weight excluding hydrogens is 544 g/mol. The summed E-state index contributed by atoms with van der Waals surface area (Å²) >= 11 is 0. The van der Waals surface area contributed by atoms with E-state index in [1.165, 1.54) is 4.90 Å². The average molecular weight is 575 g/mol. The number of carbonyl (C=O) groups is 3. The smallest absolute Gasteiger partial charge is 0.329 e. The molecule has 0 saturated carbocycles. The van der Waals surface area contributed by atoms with Crippen molar-refractivity contribution in [2.75, 3.05) is 6.54 Å². The van der Waals surface area contributed by atoms with Crippen LogP contribution in [0.3, 0.4) is 0 Å². The molecule has 0 N–H and O–H groups in total. The summed E-state index contributed by atoms with van der Waals surface area (Å²) in [6.45, 7) is 5.88. The van der Waals surface area contributed by atoms with Crippen LogP contribution in [-0.4, -0.2) is 56.4 Å². The van der Waals surface area contributed by atoms with Crippen LogP contribution in [0.5, 0.6) is 0 Å². The van der Waals surface area contributed by atoms with Crippen molar-refractivity contribution < 1.29 is 23.6 Å². The molecule has 1 saturated heterocycles. The number of amides is 1. The van der Waals surface area contributed by atoms with Gasteiger partial charge in [-0.05, 0) is 56.9 Å². The Kier molecular flexibility index (Phi) is 7.31. The topological polar surface area (TPSA) is 115 Å². The van der Waals surface area contributed by atoms with Crippen LogP contribution in [0, 0.1) is 0 Å². The van der Waals surface area contributed by atoms with Gasteiger partial charge in [-0.2, -0.15) is 0 Å². The first-order valence-electron chi connectivity index (χ1n) is 14.1. The Hall–Kier alpha value is -5.18. The second-order valence-electron chi connectivity index (χ2n) is 11.5. The van der Waals surface area contributed by atoms with E-state index in [1.54, 1.807) is 30.6 Å². The highest BCUT2D eigenvalue weighted by Crippen LogP contribution is 2.30. The minimum absolute atomic E-state index is 0.0847. The molecule has 2 aromatic carbocycles. The van der Waals surface area contributed by atoms with E-state index in [2.05, 4.69) is 10.1 Å². The zero-order valence-corrected chi connectivity index (χ0v) is 24.1. The molecule has 43 heavy (non-hydrogen) atoms. The molecule has 0 spiro atoms. The van der Waals surface area contributed by atoms with Crippen molar-refractivity contribution in [2.45, 2.75) is 45.3 Å². The normalized spacial score (nSPS) is 15.0. The highest BCUT2D eigenvalue weighted by atomic mass is 16.6. The van der Waals surface area contributed by atoms with Crippen LogP contribution >= 0.6 is 0 Å². The Morgan fingerprint density at radius 3 is 2.23 bits per heavy atom. The van der Waals surface area contributed by atoms with Gasteiger partial charge in [0.1, 0.15) is 17.3 Å². The van der Waals surface area contributed by atoms with Crippen molar-refractivity contribution in [1.82, 2.24) is 20.0 Å². The Labute approximate surface area is 248 Å². The molecule has 1 unspecified atom stereocenters. The van der Waals surface area contributed by atoms with Gasteiger partial charge >= 0.3 is 5.97 Å². The zero-order valence-electron chi connectivity index (χ0n) is 24.1. The van der Waals surface area contributed by atoms with Gasteiger partial charge in [0.15, 0.2) is 6.29 Å². The fraction of sp³-hybridized carbons (Fsp3) is 0.235. The van der Waals surface area contributed by atoms with Crippen molar-refractivity contribution in [1.29, 1.82) is 0 Å². The number of benzene rings is 2. The number of fused-ring (bicyclic) bond motifs is 1. The molecule has 9 heteroatoms. The summed E-state index contributed by atoms with van der Waals surface area (Å²) in [4.78, 5) is 47.8. The lowest BCUT2D eigenvalue weighted by molar-refractivity contribution is -0.159. The summed E-state index contributed by atoms with van der Waals surface area (Å²) < 4.78 is 10.9. The van der Waals surface area contributed by atoms with Crippen LogP contribution in [0.1, 0.15) is 54.5 Å². The first-order chi connectivity index (χ1) is 20.7. The molecule has 1 amide bonds. The Morgan fingerprint density at radius 2 is 1.58 bits per heavy atom. The highest BCUT2D eigenvalue weighted by Gasteiger charge is 2.38.